The molecule has 1 aliphatic heterocycles. The SMILES string of the molecule is C[C@H](Cc1cccc(C(F)(F)F)c1)C(=O)N1CCOC[C@@H]1C(=O)O. The van der Waals surface area contributed by atoms with E-state index in [0.29, 0.717) is 5.56 Å². The quantitative estimate of drug-likeness (QED) is 0.908. The van der Waals surface area contributed by atoms with Crippen molar-refractivity contribution in [3.63, 3.8) is 0 Å². The maximum Gasteiger partial charge on any atom is 0.416 e. The average molecular weight is 345 g/mol. The molecule has 0 unspecified atom stereocenters. The van der Waals surface area contributed by atoms with Crippen molar-refractivity contribution in [2.24, 2.45) is 5.92 Å². The number of aliphatic carboxylic acids is 1. The normalized spacial score (nSPS) is 19.8. The molecule has 2 rings (SSSR count). The van der Waals surface area contributed by atoms with Crippen molar-refractivity contribution in [2.45, 2.75) is 25.6 Å². The van der Waals surface area contributed by atoms with Gasteiger partial charge in [0.1, 0.15) is 0 Å². The number of benzene rings is 1. The van der Waals surface area contributed by atoms with Crippen LogP contribution >= 0.6 is 0 Å². The molecule has 1 heterocycles. The third-order valence-electron chi connectivity index (χ3n) is 3.91. The fourth-order valence-corrected chi connectivity index (χ4v) is 2.67. The third kappa shape index (κ3) is 4.25. The Balaban J connectivity index is 2.10. The summed E-state index contributed by atoms with van der Waals surface area (Å²) in [6.07, 6.45) is -4.34. The van der Waals surface area contributed by atoms with Crippen molar-refractivity contribution in [2.75, 3.05) is 19.8 Å². The molecule has 8 heteroatoms. The number of carbonyl (C=O) groups excluding carboxylic acids is 1. The molecule has 2 atom stereocenters. The zero-order chi connectivity index (χ0) is 17.9. The number of carboxylic acids is 1. The van der Waals surface area contributed by atoms with E-state index in [1.807, 2.05) is 0 Å². The average Bonchev–Trinajstić information content (AvgIpc) is 2.53. The van der Waals surface area contributed by atoms with Crippen molar-refractivity contribution in [1.29, 1.82) is 0 Å². The van der Waals surface area contributed by atoms with E-state index < -0.39 is 35.6 Å². The summed E-state index contributed by atoms with van der Waals surface area (Å²) in [4.78, 5) is 24.9. The number of rotatable bonds is 4. The Morgan fingerprint density at radius 2 is 2.12 bits per heavy atom. The maximum absolute atomic E-state index is 12.7. The van der Waals surface area contributed by atoms with Gasteiger partial charge in [-0.2, -0.15) is 13.2 Å². The standard InChI is InChI=1S/C16H18F3NO4/c1-10(7-11-3-2-4-12(8-11)16(17,18)19)14(21)20-5-6-24-9-13(20)15(22)23/h2-4,8,10,13H,5-7,9H2,1H3,(H,22,23)/t10-,13-/m1/s1. The Bertz CT molecular complexity index is 618. The molecule has 5 nitrogen and oxygen atoms in total. The number of carbonyl (C=O) groups is 2. The van der Waals surface area contributed by atoms with Crippen LogP contribution in [0.4, 0.5) is 13.2 Å². The van der Waals surface area contributed by atoms with Gasteiger partial charge in [0.15, 0.2) is 6.04 Å². The number of carboxylic acid groups (broad SMARTS) is 1. The van der Waals surface area contributed by atoms with Crippen molar-refractivity contribution in [3.05, 3.63) is 35.4 Å². The van der Waals surface area contributed by atoms with Gasteiger partial charge in [0.2, 0.25) is 5.91 Å². The lowest BCUT2D eigenvalue weighted by atomic mass is 9.97. The fraction of sp³-hybridized carbons (Fsp3) is 0.500. The van der Waals surface area contributed by atoms with Gasteiger partial charge in [0, 0.05) is 12.5 Å². The predicted molar refractivity (Wildman–Crippen MR) is 78.3 cm³/mol. The highest BCUT2D eigenvalue weighted by atomic mass is 19.4. The lowest BCUT2D eigenvalue weighted by Gasteiger charge is -2.34. The second kappa shape index (κ2) is 7.21. The number of hydrogen-bond acceptors (Lipinski definition) is 3. The summed E-state index contributed by atoms with van der Waals surface area (Å²) in [5, 5.41) is 9.16. The van der Waals surface area contributed by atoms with Gasteiger partial charge < -0.3 is 14.7 Å². The molecule has 1 N–H and O–H groups in total. The molecule has 0 aromatic heterocycles. The van der Waals surface area contributed by atoms with Crippen LogP contribution < -0.4 is 0 Å². The number of hydrogen-bond donors (Lipinski definition) is 1. The molecule has 24 heavy (non-hydrogen) atoms. The first-order valence-corrected chi connectivity index (χ1v) is 7.47. The highest BCUT2D eigenvalue weighted by Crippen LogP contribution is 2.30. The van der Waals surface area contributed by atoms with E-state index in [2.05, 4.69) is 0 Å². The van der Waals surface area contributed by atoms with Gasteiger partial charge in [-0.3, -0.25) is 4.79 Å². The van der Waals surface area contributed by atoms with Crippen molar-refractivity contribution >= 4 is 11.9 Å². The van der Waals surface area contributed by atoms with Crippen LogP contribution in [0.25, 0.3) is 0 Å². The number of morpholine rings is 1. The molecule has 1 amide bonds. The monoisotopic (exact) mass is 345 g/mol. The van der Waals surface area contributed by atoms with Gasteiger partial charge in [-0.1, -0.05) is 25.1 Å². The van der Waals surface area contributed by atoms with Crippen LogP contribution in [0.15, 0.2) is 24.3 Å². The zero-order valence-electron chi connectivity index (χ0n) is 13.0. The van der Waals surface area contributed by atoms with Gasteiger partial charge in [-0.05, 0) is 18.1 Å². The Morgan fingerprint density at radius 1 is 1.42 bits per heavy atom. The molecule has 0 bridgehead atoms. The van der Waals surface area contributed by atoms with E-state index in [9.17, 15) is 22.8 Å². The van der Waals surface area contributed by atoms with E-state index in [1.54, 1.807) is 6.92 Å². The van der Waals surface area contributed by atoms with E-state index in [-0.39, 0.29) is 26.2 Å². The Labute approximate surface area is 137 Å². The molecule has 0 saturated carbocycles. The fourth-order valence-electron chi connectivity index (χ4n) is 2.67. The first-order valence-electron chi connectivity index (χ1n) is 7.47. The van der Waals surface area contributed by atoms with E-state index in [1.165, 1.54) is 17.0 Å². The first kappa shape index (κ1) is 18.3. The van der Waals surface area contributed by atoms with Crippen molar-refractivity contribution < 1.29 is 32.6 Å². The number of nitrogens with zero attached hydrogens (tertiary/aromatic N) is 1. The summed E-state index contributed by atoms with van der Waals surface area (Å²) in [5.74, 6) is -2.19. The number of ether oxygens (including phenoxy) is 1. The largest absolute Gasteiger partial charge is 0.480 e. The van der Waals surface area contributed by atoms with Gasteiger partial charge in [-0.25, -0.2) is 4.79 Å². The minimum atomic E-state index is -4.44. The summed E-state index contributed by atoms with van der Waals surface area (Å²) in [7, 11) is 0. The van der Waals surface area contributed by atoms with Crippen molar-refractivity contribution in [3.8, 4) is 0 Å². The molecule has 1 fully saturated rings. The summed E-state index contributed by atoms with van der Waals surface area (Å²) >= 11 is 0. The van der Waals surface area contributed by atoms with Crippen LogP contribution in [0.3, 0.4) is 0 Å². The molecular formula is C16H18F3NO4. The van der Waals surface area contributed by atoms with Crippen LogP contribution in [0.5, 0.6) is 0 Å². The highest BCUT2D eigenvalue weighted by Gasteiger charge is 2.35. The van der Waals surface area contributed by atoms with E-state index in [0.717, 1.165) is 12.1 Å². The van der Waals surface area contributed by atoms with E-state index in [4.69, 9.17) is 9.84 Å². The maximum atomic E-state index is 12.7. The van der Waals surface area contributed by atoms with Crippen LogP contribution in [0.1, 0.15) is 18.1 Å². The summed E-state index contributed by atoms with van der Waals surface area (Å²) in [6.45, 7) is 1.89. The Kier molecular flexibility index (Phi) is 5.48. The minimum absolute atomic E-state index is 0.0860. The molecule has 1 aliphatic rings. The zero-order valence-corrected chi connectivity index (χ0v) is 13.0. The van der Waals surface area contributed by atoms with Crippen molar-refractivity contribution in [1.82, 2.24) is 4.90 Å². The molecule has 0 radical (unpaired) electrons. The van der Waals surface area contributed by atoms with Gasteiger partial charge in [0.05, 0.1) is 18.8 Å². The molecular weight excluding hydrogens is 327 g/mol. The van der Waals surface area contributed by atoms with Crippen LogP contribution in [0.2, 0.25) is 0 Å². The number of halogens is 3. The second-order valence-corrected chi connectivity index (χ2v) is 5.76. The molecule has 0 aliphatic carbocycles. The topological polar surface area (TPSA) is 66.8 Å². The highest BCUT2D eigenvalue weighted by molar-refractivity contribution is 5.85. The van der Waals surface area contributed by atoms with Crippen LogP contribution in [0, 0.1) is 5.92 Å². The summed E-state index contributed by atoms with van der Waals surface area (Å²) in [5.41, 5.74) is -0.389. The van der Waals surface area contributed by atoms with Crippen LogP contribution in [-0.4, -0.2) is 47.7 Å². The van der Waals surface area contributed by atoms with Gasteiger partial charge in [-0.15, -0.1) is 0 Å². The first-order chi connectivity index (χ1) is 11.2. The molecule has 1 aromatic carbocycles. The predicted octanol–water partition coefficient (Wildman–Crippen LogP) is 2.20. The lowest BCUT2D eigenvalue weighted by molar-refractivity contribution is -0.160. The smallest absolute Gasteiger partial charge is 0.416 e. The van der Waals surface area contributed by atoms with Crippen LogP contribution in [-0.2, 0) is 26.9 Å². The van der Waals surface area contributed by atoms with E-state index >= 15 is 0 Å². The summed E-state index contributed by atoms with van der Waals surface area (Å²) in [6, 6.07) is 3.74. The molecule has 0 spiro atoms. The Hall–Kier alpha value is -2.09. The number of alkyl halides is 3. The van der Waals surface area contributed by atoms with Gasteiger partial charge >= 0.3 is 12.1 Å². The molecule has 1 saturated heterocycles. The Morgan fingerprint density at radius 3 is 2.75 bits per heavy atom. The third-order valence-corrected chi connectivity index (χ3v) is 3.91. The summed E-state index contributed by atoms with van der Waals surface area (Å²) < 4.78 is 43.3. The minimum Gasteiger partial charge on any atom is -0.480 e. The molecule has 132 valence electrons. The number of amides is 1. The van der Waals surface area contributed by atoms with Gasteiger partial charge in [0.25, 0.3) is 0 Å². The molecule has 1 aromatic rings. The second-order valence-electron chi connectivity index (χ2n) is 5.76. The lowest BCUT2D eigenvalue weighted by Crippen LogP contribution is -2.54.